The van der Waals surface area contributed by atoms with E-state index in [1.54, 1.807) is 12.1 Å². The second-order valence-corrected chi connectivity index (χ2v) is 7.21. The maximum atomic E-state index is 12.3. The predicted octanol–water partition coefficient (Wildman–Crippen LogP) is 4.54. The fourth-order valence-electron chi connectivity index (χ4n) is 3.98. The van der Waals surface area contributed by atoms with Crippen LogP contribution in [-0.2, 0) is 6.54 Å². The van der Waals surface area contributed by atoms with Crippen molar-refractivity contribution in [2.75, 3.05) is 13.1 Å². The molecule has 0 bridgehead atoms. The normalized spacial score (nSPS) is 16.9. The minimum atomic E-state index is -2.81. The Hall–Kier alpha value is -2.94. The lowest BCUT2D eigenvalue weighted by molar-refractivity contribution is -0.0498. The van der Waals surface area contributed by atoms with Gasteiger partial charge in [0.1, 0.15) is 23.8 Å². The molecule has 0 amide bonds. The molecule has 1 aromatic carbocycles. The van der Waals surface area contributed by atoms with Crippen LogP contribution in [0.1, 0.15) is 30.1 Å². The minimum Gasteiger partial charge on any atom is -0.435 e. The van der Waals surface area contributed by atoms with Crippen molar-refractivity contribution in [2.24, 2.45) is 11.0 Å². The van der Waals surface area contributed by atoms with E-state index < -0.39 is 6.61 Å². The Labute approximate surface area is 166 Å². The van der Waals surface area contributed by atoms with Gasteiger partial charge in [0.25, 0.3) is 0 Å². The van der Waals surface area contributed by atoms with Crippen molar-refractivity contribution >= 4 is 11.0 Å². The van der Waals surface area contributed by atoms with Crippen molar-refractivity contribution in [1.82, 2.24) is 19.9 Å². The van der Waals surface area contributed by atoms with E-state index in [0.717, 1.165) is 54.8 Å². The van der Waals surface area contributed by atoms with Crippen molar-refractivity contribution in [1.29, 1.82) is 5.53 Å². The number of halogens is 2. The molecule has 0 aliphatic carbocycles. The Balaban J connectivity index is 1.37. The highest BCUT2D eigenvalue weighted by Crippen LogP contribution is 2.35. The number of aromatic amines is 1. The van der Waals surface area contributed by atoms with Gasteiger partial charge in [-0.05, 0) is 55.6 Å². The second kappa shape index (κ2) is 8.60. The maximum absolute atomic E-state index is 12.3. The highest BCUT2D eigenvalue weighted by atomic mass is 19.3. The molecule has 152 valence electrons. The van der Waals surface area contributed by atoms with Crippen LogP contribution in [0.15, 0.2) is 48.0 Å². The molecule has 7 nitrogen and oxygen atoms in total. The summed E-state index contributed by atoms with van der Waals surface area (Å²) in [6.07, 6.45) is 5.16. The fourth-order valence-corrected chi connectivity index (χ4v) is 3.98. The zero-order valence-corrected chi connectivity index (χ0v) is 15.8. The number of nitrogens with one attached hydrogen (secondary N) is 2. The monoisotopic (exact) mass is 400 g/mol. The molecule has 1 aliphatic heterocycles. The number of hydrogen-bond acceptors (Lipinski definition) is 6. The average molecular weight is 400 g/mol. The van der Waals surface area contributed by atoms with Crippen molar-refractivity contribution in [2.45, 2.75) is 32.0 Å². The number of piperidine rings is 1. The van der Waals surface area contributed by atoms with Gasteiger partial charge in [-0.3, -0.25) is 4.90 Å². The SMILES string of the molecule is N=NC(c1ncnc2[nH]ccc12)C1CCN(Cc2ccc(OC(F)F)cc2)CC1. The van der Waals surface area contributed by atoms with Gasteiger partial charge < -0.3 is 9.72 Å². The second-order valence-electron chi connectivity index (χ2n) is 7.21. The molecular weight excluding hydrogens is 378 g/mol. The zero-order valence-electron chi connectivity index (χ0n) is 15.8. The third-order valence-corrected chi connectivity index (χ3v) is 5.44. The molecule has 29 heavy (non-hydrogen) atoms. The molecular formula is C20H22F2N6O. The standard InChI is InChI=1S/C20H22F2N6O/c21-20(22)29-15-3-1-13(2-4-15)11-28-9-6-14(7-10-28)17(27-23)18-16-5-8-24-19(16)26-12-25-18/h1-5,8,12,14,17,20,23H,6-7,9-11H2,(H,24,25,26). The summed E-state index contributed by atoms with van der Waals surface area (Å²) in [5, 5.41) is 4.82. The summed E-state index contributed by atoms with van der Waals surface area (Å²) in [5.74, 6) is 0.418. The number of H-pyrrole nitrogens is 1. The van der Waals surface area contributed by atoms with Crippen LogP contribution in [0.2, 0.25) is 0 Å². The van der Waals surface area contributed by atoms with E-state index >= 15 is 0 Å². The summed E-state index contributed by atoms with van der Waals surface area (Å²) in [4.78, 5) is 14.0. The first-order valence-corrected chi connectivity index (χ1v) is 9.54. The third kappa shape index (κ3) is 4.40. The van der Waals surface area contributed by atoms with Crippen LogP contribution in [0.5, 0.6) is 5.75 Å². The molecule has 1 fully saturated rings. The van der Waals surface area contributed by atoms with Gasteiger partial charge in [-0.15, -0.1) is 0 Å². The van der Waals surface area contributed by atoms with E-state index in [4.69, 9.17) is 5.53 Å². The summed E-state index contributed by atoms with van der Waals surface area (Å²) >= 11 is 0. The molecule has 1 saturated heterocycles. The highest BCUT2D eigenvalue weighted by molar-refractivity contribution is 5.78. The smallest absolute Gasteiger partial charge is 0.387 e. The van der Waals surface area contributed by atoms with Gasteiger partial charge >= 0.3 is 6.61 Å². The van der Waals surface area contributed by atoms with Crippen LogP contribution in [-0.4, -0.2) is 39.6 Å². The molecule has 0 radical (unpaired) electrons. The van der Waals surface area contributed by atoms with Crippen LogP contribution in [0, 0.1) is 11.4 Å². The summed E-state index contributed by atoms with van der Waals surface area (Å²) in [6.45, 7) is -0.293. The Bertz CT molecular complexity index is 953. The lowest BCUT2D eigenvalue weighted by atomic mass is 9.87. The number of likely N-dealkylation sites (tertiary alicyclic amines) is 1. The topological polar surface area (TPSA) is 90.2 Å². The number of fused-ring (bicyclic) bond motifs is 1. The fraction of sp³-hybridized carbons (Fsp3) is 0.400. The Morgan fingerprint density at radius 3 is 2.62 bits per heavy atom. The van der Waals surface area contributed by atoms with Crippen LogP contribution >= 0.6 is 0 Å². The van der Waals surface area contributed by atoms with Crippen LogP contribution in [0.4, 0.5) is 8.78 Å². The summed E-state index contributed by atoms with van der Waals surface area (Å²) < 4.78 is 28.9. The molecule has 1 atom stereocenters. The molecule has 2 aromatic heterocycles. The van der Waals surface area contributed by atoms with E-state index in [1.165, 1.54) is 6.33 Å². The van der Waals surface area contributed by atoms with E-state index in [9.17, 15) is 8.78 Å². The number of alkyl halides is 2. The van der Waals surface area contributed by atoms with Crippen LogP contribution in [0.25, 0.3) is 11.0 Å². The number of benzene rings is 1. The number of rotatable bonds is 7. The lowest BCUT2D eigenvalue weighted by Gasteiger charge is -2.34. The number of nitrogens with zero attached hydrogens (tertiary/aromatic N) is 4. The van der Waals surface area contributed by atoms with Crippen molar-refractivity contribution < 1.29 is 13.5 Å². The quantitative estimate of drug-likeness (QED) is 0.570. The van der Waals surface area contributed by atoms with Crippen LogP contribution < -0.4 is 4.74 Å². The van der Waals surface area contributed by atoms with Gasteiger partial charge in [0.05, 0.1) is 5.69 Å². The molecule has 2 N–H and O–H groups in total. The molecule has 9 heteroatoms. The van der Waals surface area contributed by atoms with Crippen molar-refractivity contribution in [3.8, 4) is 5.75 Å². The first-order valence-electron chi connectivity index (χ1n) is 9.54. The number of aromatic nitrogens is 3. The first kappa shape index (κ1) is 19.4. The Morgan fingerprint density at radius 2 is 1.93 bits per heavy atom. The maximum Gasteiger partial charge on any atom is 0.387 e. The minimum absolute atomic E-state index is 0.170. The van der Waals surface area contributed by atoms with E-state index in [1.807, 2.05) is 24.4 Å². The highest BCUT2D eigenvalue weighted by Gasteiger charge is 2.30. The predicted molar refractivity (Wildman–Crippen MR) is 103 cm³/mol. The van der Waals surface area contributed by atoms with E-state index in [2.05, 4.69) is 29.7 Å². The number of ether oxygens (including phenoxy) is 1. The molecule has 1 aliphatic rings. The van der Waals surface area contributed by atoms with Gasteiger partial charge in [-0.25, -0.2) is 15.5 Å². The van der Waals surface area contributed by atoms with E-state index in [0.29, 0.717) is 0 Å². The zero-order chi connectivity index (χ0) is 20.2. The summed E-state index contributed by atoms with van der Waals surface area (Å²) in [7, 11) is 0. The lowest BCUT2D eigenvalue weighted by Crippen LogP contribution is -2.35. The number of hydrogen-bond donors (Lipinski definition) is 2. The summed E-state index contributed by atoms with van der Waals surface area (Å²) in [5.41, 5.74) is 10.4. The van der Waals surface area contributed by atoms with Gasteiger partial charge in [0, 0.05) is 18.1 Å². The van der Waals surface area contributed by atoms with E-state index in [-0.39, 0.29) is 17.7 Å². The van der Waals surface area contributed by atoms with Gasteiger partial charge in [0.15, 0.2) is 0 Å². The largest absolute Gasteiger partial charge is 0.435 e. The summed E-state index contributed by atoms with van der Waals surface area (Å²) in [6, 6.07) is 8.43. The van der Waals surface area contributed by atoms with Crippen molar-refractivity contribution in [3.05, 3.63) is 54.1 Å². The molecule has 3 aromatic rings. The molecule has 0 saturated carbocycles. The molecule has 0 spiro atoms. The molecule has 4 rings (SSSR count). The Morgan fingerprint density at radius 1 is 1.17 bits per heavy atom. The van der Waals surface area contributed by atoms with Crippen molar-refractivity contribution in [3.63, 3.8) is 0 Å². The molecule has 1 unspecified atom stereocenters. The van der Waals surface area contributed by atoms with Gasteiger partial charge in [0.2, 0.25) is 0 Å². The van der Waals surface area contributed by atoms with Gasteiger partial charge in [-0.1, -0.05) is 12.1 Å². The third-order valence-electron chi connectivity index (χ3n) is 5.44. The van der Waals surface area contributed by atoms with Gasteiger partial charge in [-0.2, -0.15) is 13.9 Å². The average Bonchev–Trinajstić information content (AvgIpc) is 3.20. The van der Waals surface area contributed by atoms with Crippen LogP contribution in [0.3, 0.4) is 0 Å². The molecule has 3 heterocycles. The Kier molecular flexibility index (Phi) is 5.75. The first-order chi connectivity index (χ1) is 14.1.